The quantitative estimate of drug-likeness (QED) is 0.576. The van der Waals surface area contributed by atoms with Crippen molar-refractivity contribution in [2.45, 2.75) is 19.1 Å². The number of nitrogens with two attached hydrogens (primary N) is 1. The summed E-state index contributed by atoms with van der Waals surface area (Å²) in [7, 11) is 1.77. The lowest BCUT2D eigenvalue weighted by Gasteiger charge is -2.15. The molecule has 1 saturated heterocycles. The molecule has 1 aromatic heterocycles. The van der Waals surface area contributed by atoms with Crippen LogP contribution in [0.3, 0.4) is 0 Å². The van der Waals surface area contributed by atoms with Crippen molar-refractivity contribution in [3.8, 4) is 0 Å². The van der Waals surface area contributed by atoms with E-state index in [0.717, 1.165) is 31.7 Å². The van der Waals surface area contributed by atoms with Crippen molar-refractivity contribution in [1.82, 2.24) is 9.88 Å². The molecule has 3 N–H and O–H groups in total. The number of nitrogen functional groups attached to an aromatic ring is 1. The highest BCUT2D eigenvalue weighted by Gasteiger charge is 2.22. The van der Waals surface area contributed by atoms with Gasteiger partial charge in [0, 0.05) is 26.7 Å². The van der Waals surface area contributed by atoms with E-state index in [2.05, 4.69) is 15.3 Å². The minimum absolute atomic E-state index is 0.371. The van der Waals surface area contributed by atoms with E-state index in [4.69, 9.17) is 10.6 Å². The SMILES string of the molecule is COC1CCN(Cc2cccc(NN)n2)C1. The number of methoxy groups -OCH3 is 1. The predicted molar refractivity (Wildman–Crippen MR) is 62.7 cm³/mol. The summed E-state index contributed by atoms with van der Waals surface area (Å²) >= 11 is 0. The number of nitrogens with one attached hydrogen (secondary N) is 1. The molecule has 88 valence electrons. The molecular weight excluding hydrogens is 204 g/mol. The standard InChI is InChI=1S/C11H18N4O/c1-16-10-5-6-15(8-10)7-9-3-2-4-11(13-9)14-12/h2-4,10H,5-8,12H2,1H3,(H,13,14). The zero-order chi connectivity index (χ0) is 11.4. The molecule has 1 atom stereocenters. The first-order valence-corrected chi connectivity index (χ1v) is 5.49. The van der Waals surface area contributed by atoms with Gasteiger partial charge in [0.25, 0.3) is 0 Å². The number of hydrogen-bond acceptors (Lipinski definition) is 5. The fourth-order valence-electron chi connectivity index (χ4n) is 2.01. The molecule has 5 heteroatoms. The number of ether oxygens (including phenoxy) is 1. The molecule has 0 aromatic carbocycles. The zero-order valence-corrected chi connectivity index (χ0v) is 9.52. The first-order chi connectivity index (χ1) is 7.81. The second kappa shape index (κ2) is 5.25. The number of nitrogens with zero attached hydrogens (tertiary/aromatic N) is 2. The summed E-state index contributed by atoms with van der Waals surface area (Å²) in [6.07, 6.45) is 1.47. The van der Waals surface area contributed by atoms with E-state index in [-0.39, 0.29) is 0 Å². The van der Waals surface area contributed by atoms with Crippen LogP contribution in [0.25, 0.3) is 0 Å². The lowest BCUT2D eigenvalue weighted by Crippen LogP contribution is -2.23. The van der Waals surface area contributed by atoms with E-state index in [1.807, 2.05) is 18.2 Å². The van der Waals surface area contributed by atoms with Crippen LogP contribution in [-0.2, 0) is 11.3 Å². The van der Waals surface area contributed by atoms with Crippen molar-refractivity contribution in [2.75, 3.05) is 25.6 Å². The second-order valence-electron chi connectivity index (χ2n) is 4.04. The number of hydrogen-bond donors (Lipinski definition) is 2. The highest BCUT2D eigenvalue weighted by Crippen LogP contribution is 2.15. The molecule has 1 aromatic rings. The molecule has 2 heterocycles. The number of hydrazine groups is 1. The van der Waals surface area contributed by atoms with Gasteiger partial charge in [-0.15, -0.1) is 0 Å². The van der Waals surface area contributed by atoms with Crippen LogP contribution in [-0.4, -0.2) is 36.2 Å². The second-order valence-corrected chi connectivity index (χ2v) is 4.04. The van der Waals surface area contributed by atoms with Crippen LogP contribution in [0.15, 0.2) is 18.2 Å². The van der Waals surface area contributed by atoms with E-state index in [9.17, 15) is 0 Å². The van der Waals surface area contributed by atoms with Gasteiger partial charge >= 0.3 is 0 Å². The third kappa shape index (κ3) is 2.69. The minimum atomic E-state index is 0.371. The molecule has 1 aliphatic rings. The molecule has 0 amide bonds. The van der Waals surface area contributed by atoms with Crippen LogP contribution < -0.4 is 11.3 Å². The molecule has 0 bridgehead atoms. The molecule has 0 spiro atoms. The molecule has 5 nitrogen and oxygen atoms in total. The van der Waals surface area contributed by atoms with Crippen LogP contribution in [0.1, 0.15) is 12.1 Å². The van der Waals surface area contributed by atoms with Crippen LogP contribution in [0.2, 0.25) is 0 Å². The summed E-state index contributed by atoms with van der Waals surface area (Å²) in [5, 5.41) is 0. The van der Waals surface area contributed by atoms with E-state index < -0.39 is 0 Å². The van der Waals surface area contributed by atoms with Gasteiger partial charge in [0.2, 0.25) is 0 Å². The number of pyridine rings is 1. The maximum absolute atomic E-state index is 5.33. The van der Waals surface area contributed by atoms with Gasteiger partial charge in [-0.3, -0.25) is 4.90 Å². The van der Waals surface area contributed by atoms with Crippen molar-refractivity contribution >= 4 is 5.82 Å². The third-order valence-electron chi connectivity index (χ3n) is 2.90. The zero-order valence-electron chi connectivity index (χ0n) is 9.52. The Morgan fingerprint density at radius 2 is 2.50 bits per heavy atom. The van der Waals surface area contributed by atoms with E-state index in [0.29, 0.717) is 11.9 Å². The first-order valence-electron chi connectivity index (χ1n) is 5.49. The average molecular weight is 222 g/mol. The third-order valence-corrected chi connectivity index (χ3v) is 2.90. The number of anilines is 1. The fourth-order valence-corrected chi connectivity index (χ4v) is 2.01. The minimum Gasteiger partial charge on any atom is -0.380 e. The summed E-state index contributed by atoms with van der Waals surface area (Å²) in [6.45, 7) is 2.91. The van der Waals surface area contributed by atoms with Crippen molar-refractivity contribution in [3.05, 3.63) is 23.9 Å². The molecule has 1 unspecified atom stereocenters. The monoisotopic (exact) mass is 222 g/mol. The van der Waals surface area contributed by atoms with Crippen LogP contribution >= 0.6 is 0 Å². The molecule has 16 heavy (non-hydrogen) atoms. The molecule has 0 aliphatic carbocycles. The topological polar surface area (TPSA) is 63.4 Å². The van der Waals surface area contributed by atoms with Gasteiger partial charge in [0.05, 0.1) is 11.8 Å². The average Bonchev–Trinajstić information content (AvgIpc) is 2.77. The number of aromatic nitrogens is 1. The van der Waals surface area contributed by atoms with Gasteiger partial charge in [-0.1, -0.05) is 6.07 Å². The number of likely N-dealkylation sites (tertiary alicyclic amines) is 1. The Bertz CT molecular complexity index is 345. The largest absolute Gasteiger partial charge is 0.380 e. The highest BCUT2D eigenvalue weighted by molar-refractivity contribution is 5.33. The van der Waals surface area contributed by atoms with E-state index in [1.54, 1.807) is 7.11 Å². The van der Waals surface area contributed by atoms with Crippen molar-refractivity contribution < 1.29 is 4.74 Å². The summed E-state index contributed by atoms with van der Waals surface area (Å²) in [5.74, 6) is 6.03. The number of rotatable bonds is 4. The van der Waals surface area contributed by atoms with Gasteiger partial charge in [-0.2, -0.15) is 0 Å². The van der Waals surface area contributed by atoms with Crippen LogP contribution in [0.5, 0.6) is 0 Å². The van der Waals surface area contributed by atoms with Gasteiger partial charge in [-0.05, 0) is 18.6 Å². The fraction of sp³-hybridized carbons (Fsp3) is 0.545. The van der Waals surface area contributed by atoms with Gasteiger partial charge in [-0.25, -0.2) is 10.8 Å². The van der Waals surface area contributed by atoms with E-state index >= 15 is 0 Å². The van der Waals surface area contributed by atoms with Gasteiger partial charge in [0.1, 0.15) is 5.82 Å². The maximum Gasteiger partial charge on any atom is 0.140 e. The Kier molecular flexibility index (Phi) is 3.71. The van der Waals surface area contributed by atoms with Crippen molar-refractivity contribution in [3.63, 3.8) is 0 Å². The lowest BCUT2D eigenvalue weighted by molar-refractivity contribution is 0.107. The smallest absolute Gasteiger partial charge is 0.140 e. The summed E-state index contributed by atoms with van der Waals surface area (Å²) in [5.41, 5.74) is 3.59. The maximum atomic E-state index is 5.33. The van der Waals surface area contributed by atoms with E-state index in [1.165, 1.54) is 0 Å². The summed E-state index contributed by atoms with van der Waals surface area (Å²) < 4.78 is 5.33. The van der Waals surface area contributed by atoms with Gasteiger partial charge < -0.3 is 10.2 Å². The molecule has 0 saturated carbocycles. The molecule has 1 aliphatic heterocycles. The van der Waals surface area contributed by atoms with Crippen molar-refractivity contribution in [2.24, 2.45) is 5.84 Å². The Balaban J connectivity index is 1.94. The molecule has 1 fully saturated rings. The van der Waals surface area contributed by atoms with Crippen LogP contribution in [0.4, 0.5) is 5.82 Å². The highest BCUT2D eigenvalue weighted by atomic mass is 16.5. The summed E-state index contributed by atoms with van der Waals surface area (Å²) in [4.78, 5) is 6.73. The van der Waals surface area contributed by atoms with Gasteiger partial charge in [0.15, 0.2) is 0 Å². The van der Waals surface area contributed by atoms with Crippen LogP contribution in [0, 0.1) is 0 Å². The normalized spacial score (nSPS) is 21.2. The predicted octanol–water partition coefficient (Wildman–Crippen LogP) is 0.588. The molecular formula is C11H18N4O. The molecule has 2 rings (SSSR count). The Labute approximate surface area is 95.6 Å². The lowest BCUT2D eigenvalue weighted by atomic mass is 10.3. The van der Waals surface area contributed by atoms with Crippen molar-refractivity contribution in [1.29, 1.82) is 0 Å². The summed E-state index contributed by atoms with van der Waals surface area (Å²) in [6, 6.07) is 5.83. The Morgan fingerprint density at radius 3 is 3.19 bits per heavy atom. The Hall–Kier alpha value is -1.17. The first kappa shape index (κ1) is 11.3. The molecule has 0 radical (unpaired) electrons. The Morgan fingerprint density at radius 1 is 1.62 bits per heavy atom.